The average Bonchev–Trinajstić information content (AvgIpc) is 2.69. The second-order valence-electron chi connectivity index (χ2n) is 5.60. The standard InChI is InChI=1S/C21H16O6/c1-25-17-12-16(22)20(26-2)18(19(17)23)14-9-6-10-15(11-14)27-21(24)13-7-4-3-5-8-13/h3-12H,1-2H3. The number of benzene rings is 2. The van der Waals surface area contributed by atoms with E-state index in [1.807, 2.05) is 0 Å². The minimum atomic E-state index is -0.530. The highest BCUT2D eigenvalue weighted by Gasteiger charge is 2.31. The van der Waals surface area contributed by atoms with Gasteiger partial charge in [0.25, 0.3) is 0 Å². The summed E-state index contributed by atoms with van der Waals surface area (Å²) < 4.78 is 15.5. The molecule has 0 amide bonds. The number of rotatable bonds is 5. The lowest BCUT2D eigenvalue weighted by atomic mass is 9.93. The monoisotopic (exact) mass is 364 g/mol. The lowest BCUT2D eigenvalue weighted by Crippen LogP contribution is -2.20. The fourth-order valence-electron chi connectivity index (χ4n) is 2.67. The molecule has 6 heteroatoms. The molecule has 0 N–H and O–H groups in total. The molecule has 0 fully saturated rings. The van der Waals surface area contributed by atoms with Crippen LogP contribution in [0.3, 0.4) is 0 Å². The van der Waals surface area contributed by atoms with Gasteiger partial charge in [-0.05, 0) is 29.8 Å². The number of ketones is 2. The molecule has 6 nitrogen and oxygen atoms in total. The molecule has 136 valence electrons. The Hall–Kier alpha value is -3.67. The van der Waals surface area contributed by atoms with Crippen molar-refractivity contribution in [1.29, 1.82) is 0 Å². The molecule has 0 saturated carbocycles. The van der Waals surface area contributed by atoms with Crippen molar-refractivity contribution in [2.24, 2.45) is 0 Å². The van der Waals surface area contributed by atoms with E-state index in [1.165, 1.54) is 20.3 Å². The molecule has 2 aromatic carbocycles. The first-order chi connectivity index (χ1) is 13.0. The van der Waals surface area contributed by atoms with Gasteiger partial charge in [0.15, 0.2) is 11.5 Å². The predicted octanol–water partition coefficient (Wildman–Crippen LogP) is 2.95. The fourth-order valence-corrected chi connectivity index (χ4v) is 2.67. The quantitative estimate of drug-likeness (QED) is 0.461. The van der Waals surface area contributed by atoms with Crippen molar-refractivity contribution < 1.29 is 28.6 Å². The number of carbonyl (C=O) groups excluding carboxylic acids is 3. The summed E-state index contributed by atoms with van der Waals surface area (Å²) in [6.07, 6.45) is 1.09. The number of hydrogen-bond acceptors (Lipinski definition) is 6. The number of esters is 1. The molecule has 0 spiro atoms. The highest BCUT2D eigenvalue weighted by Crippen LogP contribution is 2.30. The third kappa shape index (κ3) is 3.64. The minimum Gasteiger partial charge on any atom is -0.492 e. The molecule has 0 unspecified atom stereocenters. The predicted molar refractivity (Wildman–Crippen MR) is 96.9 cm³/mol. The summed E-state index contributed by atoms with van der Waals surface area (Å²) in [6.45, 7) is 0. The molecule has 27 heavy (non-hydrogen) atoms. The molecule has 0 saturated heterocycles. The molecule has 2 aromatic rings. The van der Waals surface area contributed by atoms with Gasteiger partial charge in [0, 0.05) is 6.08 Å². The van der Waals surface area contributed by atoms with Gasteiger partial charge in [-0.1, -0.05) is 30.3 Å². The van der Waals surface area contributed by atoms with Gasteiger partial charge in [-0.15, -0.1) is 0 Å². The van der Waals surface area contributed by atoms with Gasteiger partial charge in [-0.2, -0.15) is 0 Å². The molecular weight excluding hydrogens is 348 g/mol. The van der Waals surface area contributed by atoms with Crippen molar-refractivity contribution in [1.82, 2.24) is 0 Å². The Morgan fingerprint density at radius 2 is 1.63 bits per heavy atom. The van der Waals surface area contributed by atoms with Crippen molar-refractivity contribution in [3.8, 4) is 5.75 Å². The molecule has 3 rings (SSSR count). The van der Waals surface area contributed by atoms with E-state index in [0.717, 1.165) is 6.08 Å². The summed E-state index contributed by atoms with van der Waals surface area (Å²) in [5.41, 5.74) is 0.832. The van der Waals surface area contributed by atoms with Crippen molar-refractivity contribution in [3.63, 3.8) is 0 Å². The molecule has 0 bridgehead atoms. The molecule has 0 aromatic heterocycles. The Morgan fingerprint density at radius 3 is 2.30 bits per heavy atom. The Bertz CT molecular complexity index is 969. The van der Waals surface area contributed by atoms with Crippen LogP contribution in [0.5, 0.6) is 5.75 Å². The van der Waals surface area contributed by atoms with Crippen LogP contribution < -0.4 is 4.74 Å². The van der Waals surface area contributed by atoms with Gasteiger partial charge in [-0.25, -0.2) is 4.79 Å². The second-order valence-corrected chi connectivity index (χ2v) is 5.60. The van der Waals surface area contributed by atoms with E-state index < -0.39 is 17.5 Å². The zero-order valence-electron chi connectivity index (χ0n) is 14.7. The molecule has 0 aliphatic heterocycles. The Morgan fingerprint density at radius 1 is 0.889 bits per heavy atom. The van der Waals surface area contributed by atoms with Crippen LogP contribution in [0.15, 0.2) is 72.2 Å². The first kappa shape index (κ1) is 18.1. The number of Topliss-reactive ketones (excluding diaryl/α,β-unsaturated/α-hetero) is 1. The third-order valence-corrected chi connectivity index (χ3v) is 3.93. The highest BCUT2D eigenvalue weighted by atomic mass is 16.5. The fraction of sp³-hybridized carbons (Fsp3) is 0.0952. The van der Waals surface area contributed by atoms with Gasteiger partial charge < -0.3 is 14.2 Å². The van der Waals surface area contributed by atoms with Crippen molar-refractivity contribution in [2.75, 3.05) is 14.2 Å². The zero-order chi connectivity index (χ0) is 19.4. The van der Waals surface area contributed by atoms with Crippen LogP contribution in [0.1, 0.15) is 15.9 Å². The van der Waals surface area contributed by atoms with Gasteiger partial charge in [0.2, 0.25) is 11.6 Å². The summed E-state index contributed by atoms with van der Waals surface area (Å²) in [7, 11) is 2.62. The van der Waals surface area contributed by atoms with Crippen molar-refractivity contribution in [2.45, 2.75) is 0 Å². The van der Waals surface area contributed by atoms with E-state index in [4.69, 9.17) is 14.2 Å². The summed E-state index contributed by atoms with van der Waals surface area (Å²) in [5.74, 6) is -1.43. The molecular formula is C21H16O6. The van der Waals surface area contributed by atoms with Crippen LogP contribution in [0, 0.1) is 0 Å². The van der Waals surface area contributed by atoms with Crippen LogP contribution in [-0.2, 0) is 19.1 Å². The van der Waals surface area contributed by atoms with Gasteiger partial charge in [0.1, 0.15) is 5.75 Å². The van der Waals surface area contributed by atoms with E-state index in [2.05, 4.69) is 0 Å². The van der Waals surface area contributed by atoms with E-state index >= 15 is 0 Å². The average molecular weight is 364 g/mol. The third-order valence-electron chi connectivity index (χ3n) is 3.93. The maximum atomic E-state index is 12.6. The van der Waals surface area contributed by atoms with E-state index in [-0.39, 0.29) is 22.8 Å². The number of methoxy groups -OCH3 is 2. The van der Waals surface area contributed by atoms with Crippen LogP contribution in [0.25, 0.3) is 5.57 Å². The largest absolute Gasteiger partial charge is 0.492 e. The number of allylic oxidation sites excluding steroid dienone is 2. The van der Waals surface area contributed by atoms with Crippen molar-refractivity contribution in [3.05, 3.63) is 83.3 Å². The molecule has 0 radical (unpaired) electrons. The highest BCUT2D eigenvalue weighted by molar-refractivity contribution is 6.36. The topological polar surface area (TPSA) is 78.9 Å². The number of ether oxygens (including phenoxy) is 3. The molecule has 0 atom stereocenters. The number of carbonyl (C=O) groups is 3. The van der Waals surface area contributed by atoms with Crippen LogP contribution in [-0.4, -0.2) is 31.8 Å². The van der Waals surface area contributed by atoms with Gasteiger partial charge in [-0.3, -0.25) is 9.59 Å². The zero-order valence-corrected chi connectivity index (χ0v) is 14.7. The van der Waals surface area contributed by atoms with E-state index in [9.17, 15) is 14.4 Å². The second kappa shape index (κ2) is 7.70. The first-order valence-electron chi connectivity index (χ1n) is 8.05. The summed E-state index contributed by atoms with van der Waals surface area (Å²) in [6, 6.07) is 14.8. The maximum Gasteiger partial charge on any atom is 0.343 e. The lowest BCUT2D eigenvalue weighted by Gasteiger charge is -2.18. The van der Waals surface area contributed by atoms with Crippen LogP contribution in [0.4, 0.5) is 0 Å². The summed E-state index contributed by atoms with van der Waals surface area (Å²) >= 11 is 0. The van der Waals surface area contributed by atoms with E-state index in [0.29, 0.717) is 11.1 Å². The van der Waals surface area contributed by atoms with Crippen LogP contribution in [0.2, 0.25) is 0 Å². The normalized spacial score (nSPS) is 13.9. The summed E-state index contributed by atoms with van der Waals surface area (Å²) in [4.78, 5) is 37.1. The van der Waals surface area contributed by atoms with Gasteiger partial charge >= 0.3 is 5.97 Å². The smallest absolute Gasteiger partial charge is 0.343 e. The Balaban J connectivity index is 1.96. The Labute approximate surface area is 155 Å². The molecule has 1 aliphatic carbocycles. The SMILES string of the molecule is COC1=CC(=O)C(OC)=C(c2cccc(OC(=O)c3ccccc3)c2)C1=O. The van der Waals surface area contributed by atoms with Crippen molar-refractivity contribution >= 4 is 23.1 Å². The lowest BCUT2D eigenvalue weighted by molar-refractivity contribution is -0.118. The summed E-state index contributed by atoms with van der Waals surface area (Å²) in [5, 5.41) is 0. The van der Waals surface area contributed by atoms with E-state index in [1.54, 1.807) is 48.5 Å². The molecule has 1 aliphatic rings. The maximum absolute atomic E-state index is 12.6. The first-order valence-corrected chi connectivity index (χ1v) is 8.05. The minimum absolute atomic E-state index is 0.0551. The van der Waals surface area contributed by atoms with Gasteiger partial charge in [0.05, 0.1) is 25.4 Å². The Kier molecular flexibility index (Phi) is 5.17. The number of hydrogen-bond donors (Lipinski definition) is 0. The van der Waals surface area contributed by atoms with Crippen LogP contribution >= 0.6 is 0 Å². The molecule has 0 heterocycles.